The Morgan fingerprint density at radius 3 is 1.52 bits per heavy atom. The van der Waals surface area contributed by atoms with Gasteiger partial charge in [-0.25, -0.2) is 0 Å². The lowest BCUT2D eigenvalue weighted by atomic mass is 9.71. The van der Waals surface area contributed by atoms with Crippen LogP contribution >= 0.6 is 0 Å². The van der Waals surface area contributed by atoms with Gasteiger partial charge in [0.15, 0.2) is 0 Å². The Kier molecular flexibility index (Phi) is 6.78. The molecule has 2 aliphatic heterocycles. The van der Waals surface area contributed by atoms with Crippen LogP contribution in [-0.2, 0) is 19.7 Å². The van der Waals surface area contributed by atoms with Crippen molar-refractivity contribution in [2.45, 2.75) is 25.2 Å². The number of anilines is 2. The van der Waals surface area contributed by atoms with Crippen molar-refractivity contribution in [2.24, 2.45) is 0 Å². The van der Waals surface area contributed by atoms with E-state index in [2.05, 4.69) is 34.1 Å². The van der Waals surface area contributed by atoms with Gasteiger partial charge in [-0.2, -0.15) is 0 Å². The molecule has 0 radical (unpaired) electrons. The van der Waals surface area contributed by atoms with Crippen LogP contribution in [0.25, 0.3) is 0 Å². The highest BCUT2D eigenvalue weighted by molar-refractivity contribution is 5.86. The maximum absolute atomic E-state index is 12.7. The predicted octanol–water partition coefficient (Wildman–Crippen LogP) is 3.53. The average Bonchev–Trinajstić information content (AvgIpc) is 2.84. The SMILES string of the molecule is CCCC(C(=O)O)(c1ccc(N2CCOCC2)cc1)c1ccc(N2CCOCC2)cc1. The molecule has 2 fully saturated rings. The third kappa shape index (κ3) is 4.41. The minimum atomic E-state index is -1.05. The van der Waals surface area contributed by atoms with E-state index in [4.69, 9.17) is 9.47 Å². The Balaban J connectivity index is 1.65. The topological polar surface area (TPSA) is 62.2 Å². The number of hydrogen-bond acceptors (Lipinski definition) is 5. The first-order valence-corrected chi connectivity index (χ1v) is 11.2. The van der Waals surface area contributed by atoms with Crippen molar-refractivity contribution in [3.8, 4) is 0 Å². The molecule has 6 heteroatoms. The first kappa shape index (κ1) is 21.7. The first-order chi connectivity index (χ1) is 15.1. The molecule has 0 bridgehead atoms. The number of nitrogens with zero attached hydrogens (tertiary/aromatic N) is 2. The van der Waals surface area contributed by atoms with Crippen molar-refractivity contribution < 1.29 is 19.4 Å². The van der Waals surface area contributed by atoms with Crippen molar-refractivity contribution in [2.75, 3.05) is 62.4 Å². The molecule has 31 heavy (non-hydrogen) atoms. The summed E-state index contributed by atoms with van der Waals surface area (Å²) in [6.45, 7) is 8.41. The molecule has 0 saturated carbocycles. The van der Waals surface area contributed by atoms with Gasteiger partial charge in [0, 0.05) is 37.6 Å². The summed E-state index contributed by atoms with van der Waals surface area (Å²) >= 11 is 0. The van der Waals surface area contributed by atoms with Crippen molar-refractivity contribution in [1.82, 2.24) is 0 Å². The summed E-state index contributed by atoms with van der Waals surface area (Å²) in [5.74, 6) is -0.799. The van der Waals surface area contributed by atoms with Crippen LogP contribution in [0.1, 0.15) is 30.9 Å². The standard InChI is InChI=1S/C25H32N2O4/c1-2-11-25(24(28)29,20-3-7-22(8-4-20)26-12-16-30-17-13-26)21-5-9-23(10-6-21)27-14-18-31-19-15-27/h3-10H,2,11-19H2,1H3,(H,28,29). The number of benzene rings is 2. The number of aliphatic carboxylic acids is 1. The van der Waals surface area contributed by atoms with Gasteiger partial charge in [0.1, 0.15) is 5.41 Å². The van der Waals surface area contributed by atoms with Crippen molar-refractivity contribution in [1.29, 1.82) is 0 Å². The number of rotatable bonds is 7. The minimum absolute atomic E-state index is 0.552. The normalized spacial score (nSPS) is 17.6. The van der Waals surface area contributed by atoms with Crippen LogP contribution in [-0.4, -0.2) is 63.7 Å². The summed E-state index contributed by atoms with van der Waals surface area (Å²) in [6, 6.07) is 16.2. The van der Waals surface area contributed by atoms with Gasteiger partial charge in [-0.3, -0.25) is 4.79 Å². The molecule has 2 saturated heterocycles. The van der Waals surface area contributed by atoms with E-state index in [9.17, 15) is 9.90 Å². The minimum Gasteiger partial charge on any atom is -0.480 e. The van der Waals surface area contributed by atoms with Gasteiger partial charge in [0.25, 0.3) is 0 Å². The summed E-state index contributed by atoms with van der Waals surface area (Å²) in [5.41, 5.74) is 2.84. The Morgan fingerprint density at radius 1 is 0.806 bits per heavy atom. The summed E-state index contributed by atoms with van der Waals surface area (Å²) in [7, 11) is 0. The van der Waals surface area contributed by atoms with Gasteiger partial charge < -0.3 is 24.4 Å². The van der Waals surface area contributed by atoms with Crippen LogP contribution in [0.4, 0.5) is 11.4 Å². The van der Waals surface area contributed by atoms with Gasteiger partial charge in [0.2, 0.25) is 0 Å². The first-order valence-electron chi connectivity index (χ1n) is 11.2. The van der Waals surface area contributed by atoms with Crippen molar-refractivity contribution >= 4 is 17.3 Å². The van der Waals surface area contributed by atoms with Crippen molar-refractivity contribution in [3.63, 3.8) is 0 Å². The lowest BCUT2D eigenvalue weighted by Crippen LogP contribution is -2.38. The highest BCUT2D eigenvalue weighted by Gasteiger charge is 2.41. The zero-order valence-corrected chi connectivity index (χ0v) is 18.3. The lowest BCUT2D eigenvalue weighted by Gasteiger charge is -2.33. The van der Waals surface area contributed by atoms with E-state index in [-0.39, 0.29) is 0 Å². The Bertz CT molecular complexity index is 793. The molecule has 2 heterocycles. The highest BCUT2D eigenvalue weighted by atomic mass is 16.5. The third-order valence-corrected chi connectivity index (χ3v) is 6.46. The molecule has 1 N–H and O–H groups in total. The Hall–Kier alpha value is -2.57. The van der Waals surface area contributed by atoms with E-state index in [1.54, 1.807) is 0 Å². The second-order valence-corrected chi connectivity index (χ2v) is 8.25. The Morgan fingerprint density at radius 2 is 1.19 bits per heavy atom. The molecule has 2 aliphatic rings. The highest BCUT2D eigenvalue weighted by Crippen LogP contribution is 2.39. The van der Waals surface area contributed by atoms with Crippen LogP contribution in [0, 0.1) is 0 Å². The fraction of sp³-hybridized carbons (Fsp3) is 0.480. The number of ether oxygens (including phenoxy) is 2. The van der Waals surface area contributed by atoms with E-state index in [0.717, 1.165) is 81.5 Å². The molecule has 6 nitrogen and oxygen atoms in total. The molecule has 0 spiro atoms. The molecule has 0 amide bonds. The molecule has 2 aromatic carbocycles. The predicted molar refractivity (Wildman–Crippen MR) is 122 cm³/mol. The molecule has 0 aromatic heterocycles. The molecule has 0 aliphatic carbocycles. The maximum atomic E-state index is 12.7. The van der Waals surface area contributed by atoms with Crippen molar-refractivity contribution in [3.05, 3.63) is 59.7 Å². The smallest absolute Gasteiger partial charge is 0.318 e. The quantitative estimate of drug-likeness (QED) is 0.734. The average molecular weight is 425 g/mol. The summed E-state index contributed by atoms with van der Waals surface area (Å²) in [5, 5.41) is 10.4. The fourth-order valence-electron chi connectivity index (χ4n) is 4.74. The van der Waals surface area contributed by atoms with Crippen LogP contribution in [0.2, 0.25) is 0 Å². The molecule has 166 valence electrons. The van der Waals surface area contributed by atoms with Gasteiger partial charge in [-0.15, -0.1) is 0 Å². The zero-order chi connectivity index (χ0) is 21.7. The van der Waals surface area contributed by atoms with Gasteiger partial charge >= 0.3 is 5.97 Å². The van der Waals surface area contributed by atoms with Crippen LogP contribution in [0.15, 0.2) is 48.5 Å². The van der Waals surface area contributed by atoms with Gasteiger partial charge in [-0.05, 0) is 41.8 Å². The van der Waals surface area contributed by atoms with Gasteiger partial charge in [-0.1, -0.05) is 37.6 Å². The second-order valence-electron chi connectivity index (χ2n) is 8.25. The second kappa shape index (κ2) is 9.71. The third-order valence-electron chi connectivity index (χ3n) is 6.46. The number of carbonyl (C=O) groups is 1. The molecule has 0 unspecified atom stereocenters. The summed E-state index contributed by atoms with van der Waals surface area (Å²) in [6.07, 6.45) is 1.33. The molecule has 2 aromatic rings. The largest absolute Gasteiger partial charge is 0.480 e. The molecular formula is C25H32N2O4. The summed E-state index contributed by atoms with van der Waals surface area (Å²) in [4.78, 5) is 17.3. The zero-order valence-electron chi connectivity index (χ0n) is 18.3. The maximum Gasteiger partial charge on any atom is 0.318 e. The molecular weight excluding hydrogens is 392 g/mol. The van der Waals surface area contributed by atoms with E-state index >= 15 is 0 Å². The van der Waals surface area contributed by atoms with E-state index in [1.165, 1.54) is 0 Å². The summed E-state index contributed by atoms with van der Waals surface area (Å²) < 4.78 is 10.9. The van der Waals surface area contributed by atoms with Crippen LogP contribution < -0.4 is 9.80 Å². The number of carboxylic acid groups (broad SMARTS) is 1. The number of hydrogen-bond donors (Lipinski definition) is 1. The van der Waals surface area contributed by atoms with E-state index in [0.29, 0.717) is 6.42 Å². The fourth-order valence-corrected chi connectivity index (χ4v) is 4.74. The lowest BCUT2D eigenvalue weighted by molar-refractivity contribution is -0.142. The van der Waals surface area contributed by atoms with Crippen LogP contribution in [0.5, 0.6) is 0 Å². The molecule has 0 atom stereocenters. The number of morpholine rings is 2. The van der Waals surface area contributed by atoms with E-state index in [1.807, 2.05) is 31.2 Å². The number of carboxylic acids is 1. The van der Waals surface area contributed by atoms with E-state index < -0.39 is 11.4 Å². The Labute approximate surface area is 184 Å². The molecule has 4 rings (SSSR count). The monoisotopic (exact) mass is 424 g/mol. The van der Waals surface area contributed by atoms with Crippen LogP contribution in [0.3, 0.4) is 0 Å². The van der Waals surface area contributed by atoms with Gasteiger partial charge in [0.05, 0.1) is 26.4 Å².